The molecule has 3 aromatic rings. The first-order chi connectivity index (χ1) is 11.7. The first-order valence-electron chi connectivity index (χ1n) is 8.09. The highest BCUT2D eigenvalue weighted by Gasteiger charge is 2.27. The molecule has 3 nitrogen and oxygen atoms in total. The molecule has 0 N–H and O–H groups in total. The van der Waals surface area contributed by atoms with E-state index in [2.05, 4.69) is 59.1 Å². The Morgan fingerprint density at radius 3 is 2.67 bits per heavy atom. The van der Waals surface area contributed by atoms with Gasteiger partial charge >= 0.3 is 0 Å². The Hall–Kier alpha value is -2.59. The summed E-state index contributed by atoms with van der Waals surface area (Å²) in [5.41, 5.74) is 4.43. The molecule has 1 fully saturated rings. The lowest BCUT2D eigenvalue weighted by Gasteiger charge is -2.24. The molecule has 0 aliphatic carbocycles. The van der Waals surface area contributed by atoms with Crippen molar-refractivity contribution in [3.8, 4) is 5.69 Å². The molecule has 0 amide bonds. The van der Waals surface area contributed by atoms with Crippen LogP contribution in [0.25, 0.3) is 5.69 Å². The number of aryl methyl sites for hydroxylation is 1. The monoisotopic (exact) mass is 322 g/mol. The fourth-order valence-electron chi connectivity index (χ4n) is 3.15. The molecule has 0 spiro atoms. The zero-order valence-electron chi connectivity index (χ0n) is 13.5. The first-order valence-corrected chi connectivity index (χ1v) is 8.09. The van der Waals surface area contributed by atoms with Crippen molar-refractivity contribution < 1.29 is 9.13 Å². The molecule has 1 saturated heterocycles. The molecule has 0 bridgehead atoms. The summed E-state index contributed by atoms with van der Waals surface area (Å²) in [6, 6.07) is 17.0. The molecule has 2 heterocycles. The largest absolute Gasteiger partial charge is 0.352 e. The van der Waals surface area contributed by atoms with Gasteiger partial charge in [0.05, 0.1) is 6.61 Å². The molecule has 122 valence electrons. The third-order valence-electron chi connectivity index (χ3n) is 4.35. The molecule has 1 unspecified atom stereocenters. The van der Waals surface area contributed by atoms with Crippen molar-refractivity contribution in [3.63, 3.8) is 0 Å². The first kappa shape index (κ1) is 15.0. The summed E-state index contributed by atoms with van der Waals surface area (Å²) in [6.45, 7) is 3.55. The Balaban J connectivity index is 1.62. The summed E-state index contributed by atoms with van der Waals surface area (Å²) in [5.74, 6) is -0.221. The predicted molar refractivity (Wildman–Crippen MR) is 92.9 cm³/mol. The number of nitrogens with zero attached hydrogens (tertiary/aromatic N) is 2. The summed E-state index contributed by atoms with van der Waals surface area (Å²) in [7, 11) is 0. The van der Waals surface area contributed by atoms with Gasteiger partial charge in [-0.25, -0.2) is 4.39 Å². The Labute approximate surface area is 140 Å². The number of anilines is 1. The molecule has 0 saturated carbocycles. The molecule has 4 rings (SSSR count). The predicted octanol–water partition coefficient (Wildman–Crippen LogP) is 4.46. The number of benzene rings is 2. The molecule has 0 radical (unpaired) electrons. The summed E-state index contributed by atoms with van der Waals surface area (Å²) < 4.78 is 21.2. The van der Waals surface area contributed by atoms with Crippen LogP contribution in [0.3, 0.4) is 0 Å². The lowest BCUT2D eigenvalue weighted by molar-refractivity contribution is 0.114. The van der Waals surface area contributed by atoms with Gasteiger partial charge in [-0.05, 0) is 55.0 Å². The average Bonchev–Trinajstić information content (AvgIpc) is 3.24. The molecule has 24 heavy (non-hydrogen) atoms. The molecule has 2 aromatic carbocycles. The minimum Gasteiger partial charge on any atom is -0.352 e. The van der Waals surface area contributed by atoms with E-state index in [9.17, 15) is 4.39 Å². The smallest absolute Gasteiger partial charge is 0.158 e. The number of aromatic nitrogens is 1. The van der Waals surface area contributed by atoms with Crippen molar-refractivity contribution >= 4 is 5.69 Å². The number of halogens is 1. The van der Waals surface area contributed by atoms with Crippen molar-refractivity contribution in [1.29, 1.82) is 0 Å². The van der Waals surface area contributed by atoms with Crippen LogP contribution in [-0.4, -0.2) is 17.7 Å². The van der Waals surface area contributed by atoms with E-state index in [1.807, 2.05) is 0 Å². The summed E-state index contributed by atoms with van der Waals surface area (Å²) in [5, 5.41) is 0. The fraction of sp³-hybridized carbons (Fsp3) is 0.200. The molecular weight excluding hydrogens is 303 g/mol. The summed E-state index contributed by atoms with van der Waals surface area (Å²) in [6.07, 6.45) is 4.01. The van der Waals surface area contributed by atoms with Gasteiger partial charge < -0.3 is 14.2 Å². The van der Waals surface area contributed by atoms with E-state index in [4.69, 9.17) is 4.74 Å². The van der Waals surface area contributed by atoms with Crippen LogP contribution in [0.5, 0.6) is 0 Å². The van der Waals surface area contributed by atoms with Crippen LogP contribution in [0, 0.1) is 12.7 Å². The van der Waals surface area contributed by atoms with Crippen molar-refractivity contribution in [2.45, 2.75) is 13.2 Å². The number of ether oxygens (including phenoxy) is 1. The van der Waals surface area contributed by atoms with Gasteiger partial charge in [-0.2, -0.15) is 0 Å². The fourth-order valence-corrected chi connectivity index (χ4v) is 3.15. The third-order valence-corrected chi connectivity index (χ3v) is 4.35. The van der Waals surface area contributed by atoms with Gasteiger partial charge in [0.25, 0.3) is 0 Å². The van der Waals surface area contributed by atoms with Crippen LogP contribution in [0.4, 0.5) is 10.1 Å². The maximum absolute atomic E-state index is 13.2. The van der Waals surface area contributed by atoms with Crippen LogP contribution < -0.4 is 4.90 Å². The van der Waals surface area contributed by atoms with Crippen LogP contribution in [0.2, 0.25) is 0 Å². The lowest BCUT2D eigenvalue weighted by Crippen LogP contribution is -2.22. The summed E-state index contributed by atoms with van der Waals surface area (Å²) in [4.78, 5) is 2.16. The normalized spacial score (nSPS) is 17.4. The molecule has 1 aromatic heterocycles. The SMILES string of the molecule is Cc1cccc(-n2ccc(C3OCCN3c3ccc(F)cc3)c2)c1. The maximum Gasteiger partial charge on any atom is 0.158 e. The van der Waals surface area contributed by atoms with Crippen molar-refractivity contribution in [2.75, 3.05) is 18.1 Å². The zero-order valence-corrected chi connectivity index (χ0v) is 13.5. The van der Waals surface area contributed by atoms with Crippen molar-refractivity contribution in [2.24, 2.45) is 0 Å². The van der Waals surface area contributed by atoms with E-state index in [1.165, 1.54) is 17.7 Å². The quantitative estimate of drug-likeness (QED) is 0.708. The van der Waals surface area contributed by atoms with E-state index >= 15 is 0 Å². The van der Waals surface area contributed by atoms with Gasteiger partial charge in [0.15, 0.2) is 6.23 Å². The Morgan fingerprint density at radius 1 is 1.04 bits per heavy atom. The van der Waals surface area contributed by atoms with Crippen LogP contribution in [0.15, 0.2) is 67.0 Å². The summed E-state index contributed by atoms with van der Waals surface area (Å²) >= 11 is 0. The van der Waals surface area contributed by atoms with Gasteiger partial charge in [-0.1, -0.05) is 12.1 Å². The van der Waals surface area contributed by atoms with Gasteiger partial charge in [0, 0.05) is 35.9 Å². The molecule has 4 heteroatoms. The van der Waals surface area contributed by atoms with Gasteiger partial charge in [0.1, 0.15) is 5.82 Å². The second-order valence-electron chi connectivity index (χ2n) is 6.08. The zero-order chi connectivity index (χ0) is 16.5. The number of hydrogen-bond donors (Lipinski definition) is 0. The Morgan fingerprint density at radius 2 is 1.88 bits per heavy atom. The third kappa shape index (κ3) is 2.81. The molecule has 1 aliphatic heterocycles. The minimum atomic E-state index is -0.221. The van der Waals surface area contributed by atoms with Gasteiger partial charge in [0.2, 0.25) is 0 Å². The van der Waals surface area contributed by atoms with E-state index in [-0.39, 0.29) is 12.0 Å². The maximum atomic E-state index is 13.2. The van der Waals surface area contributed by atoms with E-state index in [0.717, 1.165) is 23.5 Å². The number of hydrogen-bond acceptors (Lipinski definition) is 2. The Kier molecular flexibility index (Phi) is 3.82. The van der Waals surface area contributed by atoms with Crippen molar-refractivity contribution in [3.05, 3.63) is 83.9 Å². The average molecular weight is 322 g/mol. The van der Waals surface area contributed by atoms with Gasteiger partial charge in [-0.3, -0.25) is 0 Å². The second-order valence-corrected chi connectivity index (χ2v) is 6.08. The van der Waals surface area contributed by atoms with Crippen LogP contribution >= 0.6 is 0 Å². The number of rotatable bonds is 3. The Bertz CT molecular complexity index is 841. The highest BCUT2D eigenvalue weighted by Crippen LogP contribution is 2.32. The van der Waals surface area contributed by atoms with Crippen molar-refractivity contribution in [1.82, 2.24) is 4.57 Å². The van der Waals surface area contributed by atoms with E-state index < -0.39 is 0 Å². The van der Waals surface area contributed by atoms with Crippen LogP contribution in [-0.2, 0) is 4.74 Å². The minimum absolute atomic E-state index is 0.137. The van der Waals surface area contributed by atoms with E-state index in [1.54, 1.807) is 12.1 Å². The van der Waals surface area contributed by atoms with Gasteiger partial charge in [-0.15, -0.1) is 0 Å². The molecule has 1 aliphatic rings. The molecule has 1 atom stereocenters. The standard InChI is InChI=1S/C20H19FN2O/c1-15-3-2-4-19(13-15)22-10-9-16(14-22)20-23(11-12-24-20)18-7-5-17(21)6-8-18/h2-10,13-14,20H,11-12H2,1H3. The lowest BCUT2D eigenvalue weighted by atomic mass is 10.2. The van der Waals surface area contributed by atoms with Crippen LogP contribution in [0.1, 0.15) is 17.4 Å². The second kappa shape index (κ2) is 6.13. The molecular formula is C20H19FN2O. The topological polar surface area (TPSA) is 17.4 Å². The highest BCUT2D eigenvalue weighted by atomic mass is 19.1. The van der Waals surface area contributed by atoms with E-state index in [0.29, 0.717) is 6.61 Å². The highest BCUT2D eigenvalue weighted by molar-refractivity contribution is 5.49.